The van der Waals surface area contributed by atoms with Crippen LogP contribution >= 0.6 is 23.1 Å². The van der Waals surface area contributed by atoms with Gasteiger partial charge in [-0.15, -0.1) is 23.1 Å². The molecule has 2 aromatic heterocycles. The van der Waals surface area contributed by atoms with Crippen molar-refractivity contribution in [2.24, 2.45) is 0 Å². The van der Waals surface area contributed by atoms with Crippen LogP contribution in [0.25, 0.3) is 11.0 Å². The van der Waals surface area contributed by atoms with Crippen molar-refractivity contribution >= 4 is 75.1 Å². The van der Waals surface area contributed by atoms with Crippen LogP contribution in [0.3, 0.4) is 0 Å². The van der Waals surface area contributed by atoms with E-state index in [1.54, 1.807) is 13.2 Å². The molecule has 1 atom stereocenters. The minimum absolute atomic E-state index is 0.00267. The lowest BCUT2D eigenvalue weighted by Crippen LogP contribution is -2.42. The second kappa shape index (κ2) is 16.2. The Morgan fingerprint density at radius 3 is 2.67 bits per heavy atom. The molecule has 4 N–H and O–H groups in total. The van der Waals surface area contributed by atoms with Gasteiger partial charge in [-0.25, -0.2) is 19.6 Å². The van der Waals surface area contributed by atoms with Crippen molar-refractivity contribution in [3.05, 3.63) is 78.9 Å². The Morgan fingerprint density at radius 2 is 2.02 bits per heavy atom. The third-order valence-corrected chi connectivity index (χ3v) is 9.71. The van der Waals surface area contributed by atoms with E-state index in [0.29, 0.717) is 64.2 Å². The molecule has 4 aromatic rings. The highest BCUT2D eigenvalue weighted by atomic mass is 32.2. The summed E-state index contributed by atoms with van der Waals surface area (Å²) in [6.07, 6.45) is 4.98. The summed E-state index contributed by atoms with van der Waals surface area (Å²) in [7, 11) is 1.17. The van der Waals surface area contributed by atoms with Gasteiger partial charge in [-0.1, -0.05) is 6.92 Å². The maximum Gasteiger partial charge on any atom is 0.338 e. The first-order valence-corrected chi connectivity index (χ1v) is 17.7. The van der Waals surface area contributed by atoms with Gasteiger partial charge in [0.15, 0.2) is 5.78 Å². The van der Waals surface area contributed by atoms with Crippen LogP contribution in [-0.2, 0) is 33.7 Å². The largest absolute Gasteiger partial charge is 0.478 e. The monoisotopic (exact) mass is 737 g/mol. The van der Waals surface area contributed by atoms with Crippen molar-refractivity contribution in [1.82, 2.24) is 19.9 Å². The lowest BCUT2D eigenvalue weighted by molar-refractivity contribution is -0.384. The number of carboxylic acids is 1. The number of ketones is 1. The molecule has 0 bridgehead atoms. The van der Waals surface area contributed by atoms with Crippen LogP contribution in [0.4, 0.5) is 17.3 Å². The molecule has 268 valence electrons. The van der Waals surface area contributed by atoms with E-state index in [0.717, 1.165) is 17.8 Å². The number of nitrogens with one attached hydrogen (secondary N) is 3. The topological polar surface area (TPSA) is 217 Å². The predicted octanol–water partition coefficient (Wildman–Crippen LogP) is 4.46. The molecule has 16 nitrogen and oxygen atoms in total. The van der Waals surface area contributed by atoms with Crippen molar-refractivity contribution in [2.45, 2.75) is 44.2 Å². The first-order valence-electron chi connectivity index (χ1n) is 15.7. The molecule has 1 fully saturated rings. The summed E-state index contributed by atoms with van der Waals surface area (Å²) in [5.41, 5.74) is 1.56. The molecule has 0 aliphatic carbocycles. The number of esters is 1. The summed E-state index contributed by atoms with van der Waals surface area (Å²) in [6.45, 7) is 4.88. The fraction of sp³-hybridized carbons (Fsp3) is 0.333. The van der Waals surface area contributed by atoms with Gasteiger partial charge in [-0.2, -0.15) is 0 Å². The number of aromatic carboxylic acids is 1. The Bertz CT molecular complexity index is 2050. The lowest BCUT2D eigenvalue weighted by Gasteiger charge is -2.24. The van der Waals surface area contributed by atoms with Crippen LogP contribution < -0.4 is 16.0 Å². The highest BCUT2D eigenvalue weighted by Gasteiger charge is 2.26. The van der Waals surface area contributed by atoms with Gasteiger partial charge in [0.25, 0.3) is 11.6 Å². The van der Waals surface area contributed by atoms with Gasteiger partial charge in [-0.05, 0) is 55.9 Å². The molecule has 1 unspecified atom stereocenters. The van der Waals surface area contributed by atoms with Gasteiger partial charge in [0.2, 0.25) is 5.95 Å². The van der Waals surface area contributed by atoms with E-state index in [4.69, 9.17) is 9.47 Å². The van der Waals surface area contributed by atoms with Crippen LogP contribution in [0.1, 0.15) is 53.6 Å². The summed E-state index contributed by atoms with van der Waals surface area (Å²) < 4.78 is 11.9. The van der Waals surface area contributed by atoms with Crippen molar-refractivity contribution in [3.63, 3.8) is 0 Å². The number of thiazole rings is 1. The zero-order valence-electron chi connectivity index (χ0n) is 28.1. The van der Waals surface area contributed by atoms with Crippen LogP contribution in [-0.4, -0.2) is 87.4 Å². The normalized spacial score (nSPS) is 14.5. The number of fused-ring (bicyclic) bond motifs is 1. The summed E-state index contributed by atoms with van der Waals surface area (Å²) in [5, 5.41) is 31.5. The molecular formula is C33H35N7O9S2. The Balaban J connectivity index is 1.53. The number of nitro groups is 1. The lowest BCUT2D eigenvalue weighted by atomic mass is 10.0. The summed E-state index contributed by atoms with van der Waals surface area (Å²) in [5.74, 6) is -2.84. The van der Waals surface area contributed by atoms with Crippen LogP contribution in [0.2, 0.25) is 0 Å². The first kappa shape index (κ1) is 37.1. The molecule has 0 saturated carbocycles. The summed E-state index contributed by atoms with van der Waals surface area (Å²) in [4.78, 5) is 72.4. The van der Waals surface area contributed by atoms with Crippen LogP contribution in [0, 0.1) is 17.0 Å². The fourth-order valence-corrected chi connectivity index (χ4v) is 7.17. The van der Waals surface area contributed by atoms with Crippen LogP contribution in [0.5, 0.6) is 0 Å². The van der Waals surface area contributed by atoms with Crippen molar-refractivity contribution in [3.8, 4) is 0 Å². The number of anilines is 2. The average molecular weight is 738 g/mol. The van der Waals surface area contributed by atoms with E-state index in [1.807, 2.05) is 6.92 Å². The van der Waals surface area contributed by atoms with Crippen molar-refractivity contribution in [2.75, 3.05) is 43.8 Å². The number of ether oxygens (including phenoxy) is 2. The number of nitro benzene ring substituents is 1. The predicted molar refractivity (Wildman–Crippen MR) is 191 cm³/mol. The number of carboxylic acid groups (broad SMARTS) is 1. The zero-order chi connectivity index (χ0) is 36.8. The molecular weight excluding hydrogens is 703 g/mol. The molecule has 5 rings (SSSR count). The number of hydrogen-bond donors (Lipinski definition) is 4. The number of allylic oxidation sites excluding steroid dienone is 1. The number of morpholine rings is 1. The molecule has 18 heteroatoms. The van der Waals surface area contributed by atoms with E-state index >= 15 is 0 Å². The molecule has 2 aromatic carbocycles. The van der Waals surface area contributed by atoms with E-state index in [2.05, 4.69) is 25.9 Å². The second-order valence-corrected chi connectivity index (χ2v) is 13.4. The third kappa shape index (κ3) is 8.42. The average Bonchev–Trinajstić information content (AvgIpc) is 3.67. The van der Waals surface area contributed by atoms with Gasteiger partial charge >= 0.3 is 11.9 Å². The van der Waals surface area contributed by atoms with E-state index in [9.17, 15) is 34.4 Å². The number of thioether (sulfide) groups is 1. The van der Waals surface area contributed by atoms with Gasteiger partial charge < -0.3 is 29.8 Å². The minimum atomic E-state index is -1.16. The molecule has 0 radical (unpaired) electrons. The number of aromatic nitrogens is 3. The molecule has 1 saturated heterocycles. The molecule has 3 heterocycles. The second-order valence-electron chi connectivity index (χ2n) is 11.3. The number of carbonyl (C=O) groups excluding carboxylic acids is 3. The third-order valence-electron chi connectivity index (χ3n) is 7.93. The number of amides is 1. The van der Waals surface area contributed by atoms with E-state index in [1.165, 1.54) is 53.5 Å². The number of hydrogen-bond acceptors (Lipinski definition) is 14. The maximum absolute atomic E-state index is 13.6. The Labute approximate surface area is 299 Å². The van der Waals surface area contributed by atoms with Gasteiger partial charge in [0.05, 0.1) is 64.7 Å². The molecule has 1 aliphatic heterocycles. The minimum Gasteiger partial charge on any atom is -0.478 e. The Kier molecular flexibility index (Phi) is 11.8. The van der Waals surface area contributed by atoms with Crippen LogP contribution in [0.15, 0.2) is 41.4 Å². The molecule has 51 heavy (non-hydrogen) atoms. The quantitative estimate of drug-likeness (QED) is 0.0462. The number of imidazole rings is 1. The first-order chi connectivity index (χ1) is 24.4. The maximum atomic E-state index is 13.6. The number of methoxy groups -OCH3 is 1. The van der Waals surface area contributed by atoms with Gasteiger partial charge in [-0.3, -0.25) is 25.0 Å². The number of rotatable bonds is 14. The number of benzene rings is 2. The smallest absolute Gasteiger partial charge is 0.338 e. The number of aryl methyl sites for hydroxylation is 2. The summed E-state index contributed by atoms with van der Waals surface area (Å²) >= 11 is 2.38. The van der Waals surface area contributed by atoms with E-state index < -0.39 is 34.2 Å². The Hall–Kier alpha value is -5.17. The number of carbonyl (C=O) groups is 4. The Morgan fingerprint density at radius 1 is 1.24 bits per heavy atom. The number of nitrogens with zero attached hydrogens (tertiary/aromatic N) is 4. The van der Waals surface area contributed by atoms with Gasteiger partial charge in [0.1, 0.15) is 10.6 Å². The zero-order valence-corrected chi connectivity index (χ0v) is 29.7. The molecule has 1 aliphatic rings. The highest BCUT2D eigenvalue weighted by molar-refractivity contribution is 7.98. The van der Waals surface area contributed by atoms with Crippen molar-refractivity contribution < 1.29 is 38.7 Å². The standard InChI is InChI=1S/C33H35N7O9S2/c1-5-23-29(51-17(2)36-23)30(42)38-33-37-24-12-19(31(43)44)10-18(11-21-16-49-9-8-34-21)28(24)39(33)15-22(41)6-7-35-27-25(40(46)47)13-20(32(45)48-3)14-26(27)50-4/h6-7,10,12-14,21,34-35H,5,8-9,11,15-16H2,1-4H3,(H,43,44)(H,37,38,42)/b7-6+. The van der Waals surface area contributed by atoms with E-state index in [-0.39, 0.29) is 40.9 Å². The molecule has 1 amide bonds. The SMILES string of the molecule is CCc1nc(C)sc1C(=O)Nc1nc2cc(C(=O)O)cc(CC3COCCN3)c2n1CC(=O)/C=C/Nc1c(SC)cc(C(=O)OC)cc1[N+](=O)[O-]. The van der Waals surface area contributed by atoms with Crippen molar-refractivity contribution in [1.29, 1.82) is 0 Å². The van der Waals surface area contributed by atoms with Gasteiger partial charge in [0, 0.05) is 29.7 Å². The highest BCUT2D eigenvalue weighted by Crippen LogP contribution is 2.36. The summed E-state index contributed by atoms with van der Waals surface area (Å²) in [6, 6.07) is 5.29. The fourth-order valence-electron chi connectivity index (χ4n) is 5.66. The molecule has 0 spiro atoms.